The van der Waals surface area contributed by atoms with E-state index in [1.807, 2.05) is 24.4 Å². The number of aromatic nitrogens is 2. The molecule has 0 bridgehead atoms. The first-order chi connectivity index (χ1) is 11.2. The number of anilines is 1. The second-order valence-electron chi connectivity index (χ2n) is 6.73. The van der Waals surface area contributed by atoms with Gasteiger partial charge in [0.05, 0.1) is 11.7 Å². The minimum absolute atomic E-state index is 0.00560. The van der Waals surface area contributed by atoms with Crippen LogP contribution in [-0.4, -0.2) is 35.6 Å². The Morgan fingerprint density at radius 3 is 2.78 bits per heavy atom. The summed E-state index contributed by atoms with van der Waals surface area (Å²) in [7, 11) is 0. The minimum atomic E-state index is -0.00560. The molecular weight excluding hydrogens is 288 g/mol. The van der Waals surface area contributed by atoms with Crippen molar-refractivity contribution in [1.82, 2.24) is 15.3 Å². The largest absolute Gasteiger partial charge is 0.361 e. The van der Waals surface area contributed by atoms with E-state index in [0.717, 1.165) is 42.5 Å². The molecule has 0 unspecified atom stereocenters. The Hall–Kier alpha value is -2.14. The fraction of sp³-hybridized carbons (Fsp3) is 0.444. The molecule has 1 aliphatic heterocycles. The van der Waals surface area contributed by atoms with Gasteiger partial charge in [0.15, 0.2) is 0 Å². The van der Waals surface area contributed by atoms with Gasteiger partial charge in [0.2, 0.25) is 0 Å². The number of aromatic amines is 1. The summed E-state index contributed by atoms with van der Waals surface area (Å²) in [6.07, 6.45) is 6.15. The summed E-state index contributed by atoms with van der Waals surface area (Å²) in [5, 5.41) is 3.31. The van der Waals surface area contributed by atoms with Crippen molar-refractivity contribution >= 4 is 5.69 Å². The van der Waals surface area contributed by atoms with Gasteiger partial charge in [-0.1, -0.05) is 0 Å². The van der Waals surface area contributed by atoms with Crippen LogP contribution in [0.1, 0.15) is 18.4 Å². The van der Waals surface area contributed by atoms with Crippen LogP contribution in [0.4, 0.5) is 5.69 Å². The summed E-state index contributed by atoms with van der Waals surface area (Å²) >= 11 is 0. The number of hydrogen-bond donors (Lipinski definition) is 2. The second kappa shape index (κ2) is 5.81. The van der Waals surface area contributed by atoms with E-state index in [1.54, 1.807) is 6.20 Å². The number of rotatable bonds is 5. The molecule has 2 fully saturated rings. The second-order valence-corrected chi connectivity index (χ2v) is 6.73. The van der Waals surface area contributed by atoms with Crippen molar-refractivity contribution in [3.63, 3.8) is 0 Å². The lowest BCUT2D eigenvalue weighted by molar-refractivity contribution is 0.407. The molecule has 3 heterocycles. The van der Waals surface area contributed by atoms with Crippen LogP contribution >= 0.6 is 0 Å². The molecule has 2 aliphatic rings. The summed E-state index contributed by atoms with van der Waals surface area (Å²) in [5.74, 6) is 0.746. The Morgan fingerprint density at radius 1 is 1.30 bits per heavy atom. The number of aryl methyl sites for hydroxylation is 1. The molecule has 1 aliphatic carbocycles. The molecule has 0 radical (unpaired) electrons. The zero-order chi connectivity index (χ0) is 15.8. The molecule has 5 nitrogen and oxygen atoms in total. The van der Waals surface area contributed by atoms with Gasteiger partial charge in [-0.2, -0.15) is 0 Å². The lowest BCUT2D eigenvalue weighted by atomic mass is 10.1. The topological polar surface area (TPSA) is 61.0 Å². The third kappa shape index (κ3) is 3.01. The maximum Gasteiger partial charge on any atom is 0.271 e. The van der Waals surface area contributed by atoms with E-state index in [1.165, 1.54) is 18.4 Å². The molecule has 0 atom stereocenters. The monoisotopic (exact) mass is 310 g/mol. The first kappa shape index (κ1) is 14.5. The summed E-state index contributed by atoms with van der Waals surface area (Å²) in [6, 6.07) is 6.46. The summed E-state index contributed by atoms with van der Waals surface area (Å²) in [5.41, 5.74) is 3.82. The number of nitrogens with one attached hydrogen (secondary N) is 2. The van der Waals surface area contributed by atoms with Crippen LogP contribution in [0.3, 0.4) is 0 Å². The van der Waals surface area contributed by atoms with Gasteiger partial charge in [0, 0.05) is 37.6 Å². The van der Waals surface area contributed by atoms with Crippen molar-refractivity contribution in [3.8, 4) is 11.3 Å². The van der Waals surface area contributed by atoms with Crippen LogP contribution in [0.5, 0.6) is 0 Å². The average molecular weight is 310 g/mol. The number of hydrogen-bond acceptors (Lipinski definition) is 4. The van der Waals surface area contributed by atoms with E-state index in [0.29, 0.717) is 6.04 Å². The average Bonchev–Trinajstić information content (AvgIpc) is 3.29. The zero-order valence-electron chi connectivity index (χ0n) is 13.4. The van der Waals surface area contributed by atoms with Crippen LogP contribution in [0.25, 0.3) is 11.3 Å². The smallest absolute Gasteiger partial charge is 0.271 e. The van der Waals surface area contributed by atoms with E-state index >= 15 is 0 Å². The maximum atomic E-state index is 12.4. The Labute approximate surface area is 135 Å². The fourth-order valence-electron chi connectivity index (χ4n) is 3.04. The van der Waals surface area contributed by atoms with E-state index in [4.69, 9.17) is 0 Å². The van der Waals surface area contributed by atoms with Gasteiger partial charge < -0.3 is 15.2 Å². The lowest BCUT2D eigenvalue weighted by Crippen LogP contribution is -2.58. The normalized spacial score (nSPS) is 17.8. The van der Waals surface area contributed by atoms with Crippen molar-refractivity contribution in [2.75, 3.05) is 24.5 Å². The molecule has 1 saturated carbocycles. The molecule has 4 rings (SSSR count). The maximum absolute atomic E-state index is 12.4. The van der Waals surface area contributed by atoms with Gasteiger partial charge in [-0.15, -0.1) is 0 Å². The van der Waals surface area contributed by atoms with Crippen LogP contribution < -0.4 is 15.8 Å². The first-order valence-corrected chi connectivity index (χ1v) is 8.34. The molecule has 2 N–H and O–H groups in total. The van der Waals surface area contributed by atoms with E-state index < -0.39 is 0 Å². The van der Waals surface area contributed by atoms with Crippen molar-refractivity contribution in [2.24, 2.45) is 5.92 Å². The van der Waals surface area contributed by atoms with E-state index in [-0.39, 0.29) is 5.56 Å². The third-order valence-electron chi connectivity index (χ3n) is 4.76. The third-order valence-corrected chi connectivity index (χ3v) is 4.76. The Bertz CT molecular complexity index is 762. The minimum Gasteiger partial charge on any atom is -0.361 e. The van der Waals surface area contributed by atoms with Crippen LogP contribution in [0, 0.1) is 12.8 Å². The van der Waals surface area contributed by atoms with Crippen molar-refractivity contribution < 1.29 is 0 Å². The van der Waals surface area contributed by atoms with Gasteiger partial charge in [0.25, 0.3) is 5.56 Å². The van der Waals surface area contributed by atoms with Crippen molar-refractivity contribution in [3.05, 3.63) is 46.5 Å². The molecular formula is C18H22N4O. The van der Waals surface area contributed by atoms with Crippen LogP contribution in [0.15, 0.2) is 35.4 Å². The van der Waals surface area contributed by atoms with Gasteiger partial charge in [-0.3, -0.25) is 9.78 Å². The van der Waals surface area contributed by atoms with E-state index in [2.05, 4.69) is 27.1 Å². The summed E-state index contributed by atoms with van der Waals surface area (Å²) in [4.78, 5) is 22.1. The fourth-order valence-corrected chi connectivity index (χ4v) is 3.04. The Morgan fingerprint density at radius 2 is 2.13 bits per heavy atom. The highest BCUT2D eigenvalue weighted by Gasteiger charge is 2.32. The number of H-pyrrole nitrogens is 1. The highest BCUT2D eigenvalue weighted by Crippen LogP contribution is 2.32. The first-order valence-electron chi connectivity index (χ1n) is 8.34. The molecule has 2 aromatic heterocycles. The predicted octanol–water partition coefficient (Wildman–Crippen LogP) is 1.93. The number of nitrogens with zero attached hydrogens (tertiary/aromatic N) is 2. The molecule has 120 valence electrons. The Kier molecular flexibility index (Phi) is 3.65. The van der Waals surface area contributed by atoms with Gasteiger partial charge >= 0.3 is 0 Å². The van der Waals surface area contributed by atoms with Crippen LogP contribution in [0.2, 0.25) is 0 Å². The molecule has 5 heteroatoms. The van der Waals surface area contributed by atoms with Gasteiger partial charge in [-0.05, 0) is 49.4 Å². The molecule has 0 spiro atoms. The highest BCUT2D eigenvalue weighted by atomic mass is 16.1. The van der Waals surface area contributed by atoms with Gasteiger partial charge in [0.1, 0.15) is 5.69 Å². The van der Waals surface area contributed by atoms with E-state index in [9.17, 15) is 4.79 Å². The van der Waals surface area contributed by atoms with Crippen molar-refractivity contribution in [2.45, 2.75) is 25.8 Å². The molecule has 0 aromatic carbocycles. The summed E-state index contributed by atoms with van der Waals surface area (Å²) < 4.78 is 0. The van der Waals surface area contributed by atoms with Crippen LogP contribution in [-0.2, 0) is 0 Å². The molecule has 2 aromatic rings. The summed E-state index contributed by atoms with van der Waals surface area (Å²) in [6.45, 7) is 4.95. The SMILES string of the molecule is Cc1ccnc(-c2c[nH]c(=O)c(N(CC3CC3)C3CNC3)c2)c1. The van der Waals surface area contributed by atoms with Gasteiger partial charge in [-0.25, -0.2) is 0 Å². The Balaban J connectivity index is 1.71. The molecule has 0 amide bonds. The molecule has 23 heavy (non-hydrogen) atoms. The zero-order valence-corrected chi connectivity index (χ0v) is 13.4. The predicted molar refractivity (Wildman–Crippen MR) is 91.8 cm³/mol. The molecule has 1 saturated heterocycles. The standard InChI is InChI=1S/C18H22N4O/c1-12-4-5-20-16(6-12)14-7-17(18(23)21-8-14)22(11-13-2-3-13)15-9-19-10-15/h4-8,13,15,19H,2-3,9-11H2,1H3,(H,21,23). The number of pyridine rings is 2. The van der Waals surface area contributed by atoms with Crippen molar-refractivity contribution in [1.29, 1.82) is 0 Å². The lowest BCUT2D eigenvalue weighted by Gasteiger charge is -2.39. The quantitative estimate of drug-likeness (QED) is 0.886. The highest BCUT2D eigenvalue weighted by molar-refractivity contribution is 5.64.